The van der Waals surface area contributed by atoms with E-state index >= 15 is 0 Å². The van der Waals surface area contributed by atoms with Crippen LogP contribution in [0.3, 0.4) is 0 Å². The lowest BCUT2D eigenvalue weighted by atomic mass is 10.0. The third kappa shape index (κ3) is 6.22. The Morgan fingerprint density at radius 2 is 1.63 bits per heavy atom. The van der Waals surface area contributed by atoms with Crippen LogP contribution in [0.2, 0.25) is 0 Å². The quantitative estimate of drug-likeness (QED) is 0.430. The number of likely N-dealkylation sites (N-methyl/N-ethyl adjacent to an activating group) is 1. The van der Waals surface area contributed by atoms with Crippen LogP contribution >= 0.6 is 0 Å². The lowest BCUT2D eigenvalue weighted by Gasteiger charge is -2.12. The molecule has 5 nitrogen and oxygen atoms in total. The summed E-state index contributed by atoms with van der Waals surface area (Å²) in [6, 6.07) is 23.6. The van der Waals surface area contributed by atoms with Crippen molar-refractivity contribution in [2.24, 2.45) is 0 Å². The van der Waals surface area contributed by atoms with E-state index in [0.717, 1.165) is 23.4 Å². The van der Waals surface area contributed by atoms with Gasteiger partial charge in [-0.1, -0.05) is 42.5 Å². The molecule has 0 radical (unpaired) electrons. The summed E-state index contributed by atoms with van der Waals surface area (Å²) in [5, 5.41) is 12.5. The number of ether oxygens (including phenoxy) is 1. The fourth-order valence-corrected chi connectivity index (χ4v) is 2.82. The lowest BCUT2D eigenvalue weighted by molar-refractivity contribution is -0.111. The normalized spacial score (nSPS) is 11.4. The van der Waals surface area contributed by atoms with Crippen LogP contribution in [0.15, 0.2) is 78.9 Å². The smallest absolute Gasteiger partial charge is 0.256 e. The van der Waals surface area contributed by atoms with Crippen LogP contribution in [0.5, 0.6) is 11.5 Å². The van der Waals surface area contributed by atoms with Crippen molar-refractivity contribution in [1.29, 1.82) is 0 Å². The SMILES string of the molecule is CN(C)CCOc1ccc(NC(=O)/C(=C/c2ccccc2)c2ccc(O)cc2)cc1. The molecule has 0 spiro atoms. The zero-order valence-corrected chi connectivity index (χ0v) is 17.2. The minimum absolute atomic E-state index is 0.156. The zero-order valence-electron chi connectivity index (χ0n) is 17.2. The third-order valence-electron chi connectivity index (χ3n) is 4.45. The van der Waals surface area contributed by atoms with E-state index in [4.69, 9.17) is 4.74 Å². The van der Waals surface area contributed by atoms with Crippen molar-refractivity contribution in [1.82, 2.24) is 4.90 Å². The van der Waals surface area contributed by atoms with Gasteiger partial charge in [-0.05, 0) is 67.7 Å². The zero-order chi connectivity index (χ0) is 21.3. The number of hydrogen-bond donors (Lipinski definition) is 2. The van der Waals surface area contributed by atoms with Crippen LogP contribution in [0.1, 0.15) is 11.1 Å². The lowest BCUT2D eigenvalue weighted by Crippen LogP contribution is -2.19. The van der Waals surface area contributed by atoms with E-state index in [9.17, 15) is 9.90 Å². The summed E-state index contributed by atoms with van der Waals surface area (Å²) in [6.45, 7) is 1.43. The first-order valence-corrected chi connectivity index (χ1v) is 9.76. The Balaban J connectivity index is 1.76. The highest BCUT2D eigenvalue weighted by Crippen LogP contribution is 2.23. The maximum atomic E-state index is 13.1. The molecule has 0 bridgehead atoms. The fourth-order valence-electron chi connectivity index (χ4n) is 2.82. The van der Waals surface area contributed by atoms with Crippen molar-refractivity contribution in [3.05, 3.63) is 90.0 Å². The van der Waals surface area contributed by atoms with Crippen LogP contribution < -0.4 is 10.1 Å². The molecule has 0 unspecified atom stereocenters. The second-order valence-corrected chi connectivity index (χ2v) is 7.15. The number of phenols is 1. The van der Waals surface area contributed by atoms with Crippen LogP contribution in [-0.4, -0.2) is 43.2 Å². The molecule has 1 amide bonds. The number of nitrogens with zero attached hydrogens (tertiary/aromatic N) is 1. The van der Waals surface area contributed by atoms with Crippen LogP contribution in [0.25, 0.3) is 11.6 Å². The van der Waals surface area contributed by atoms with Crippen molar-refractivity contribution >= 4 is 23.2 Å². The van der Waals surface area contributed by atoms with Gasteiger partial charge >= 0.3 is 0 Å². The number of carbonyl (C=O) groups is 1. The number of anilines is 1. The number of aromatic hydroxyl groups is 1. The van der Waals surface area contributed by atoms with E-state index < -0.39 is 0 Å². The molecule has 0 aromatic heterocycles. The molecule has 0 heterocycles. The molecule has 0 saturated heterocycles. The van der Waals surface area contributed by atoms with Gasteiger partial charge in [0.2, 0.25) is 0 Å². The van der Waals surface area contributed by atoms with Gasteiger partial charge in [0, 0.05) is 17.8 Å². The van der Waals surface area contributed by atoms with Crippen molar-refractivity contribution in [3.8, 4) is 11.5 Å². The third-order valence-corrected chi connectivity index (χ3v) is 4.45. The Morgan fingerprint density at radius 3 is 2.27 bits per heavy atom. The largest absolute Gasteiger partial charge is 0.508 e. The summed E-state index contributed by atoms with van der Waals surface area (Å²) in [5.41, 5.74) is 2.82. The highest BCUT2D eigenvalue weighted by atomic mass is 16.5. The van der Waals surface area contributed by atoms with Gasteiger partial charge in [0.25, 0.3) is 5.91 Å². The monoisotopic (exact) mass is 402 g/mol. The van der Waals surface area contributed by atoms with E-state index in [2.05, 4.69) is 10.2 Å². The molecule has 0 fully saturated rings. The van der Waals surface area contributed by atoms with Crippen molar-refractivity contribution in [2.75, 3.05) is 32.6 Å². The van der Waals surface area contributed by atoms with Crippen LogP contribution in [0, 0.1) is 0 Å². The van der Waals surface area contributed by atoms with Gasteiger partial charge in [-0.2, -0.15) is 0 Å². The standard InChI is InChI=1S/C25H26N2O3/c1-27(2)16-17-30-23-14-10-21(11-15-23)26-25(29)24(18-19-6-4-3-5-7-19)20-8-12-22(28)13-9-20/h3-15,18,28H,16-17H2,1-2H3,(H,26,29)/b24-18+. The fraction of sp³-hybridized carbons (Fsp3) is 0.160. The Hall–Kier alpha value is -3.57. The first kappa shape index (κ1) is 21.1. The van der Waals surface area contributed by atoms with Gasteiger partial charge in [0.1, 0.15) is 18.1 Å². The molecule has 3 aromatic rings. The van der Waals surface area contributed by atoms with Crippen molar-refractivity contribution < 1.29 is 14.6 Å². The number of amides is 1. The number of phenolic OH excluding ortho intramolecular Hbond substituents is 1. The van der Waals surface area contributed by atoms with Gasteiger partial charge in [0.05, 0.1) is 0 Å². The van der Waals surface area contributed by atoms with Gasteiger partial charge in [-0.3, -0.25) is 4.79 Å². The Morgan fingerprint density at radius 1 is 0.967 bits per heavy atom. The summed E-state index contributed by atoms with van der Waals surface area (Å²) in [7, 11) is 3.99. The predicted molar refractivity (Wildman–Crippen MR) is 122 cm³/mol. The first-order valence-electron chi connectivity index (χ1n) is 9.76. The molecule has 2 N–H and O–H groups in total. The highest BCUT2D eigenvalue weighted by Gasteiger charge is 2.13. The Labute approximate surface area is 177 Å². The topological polar surface area (TPSA) is 61.8 Å². The average molecular weight is 402 g/mol. The number of nitrogens with one attached hydrogen (secondary N) is 1. The molecule has 0 aliphatic rings. The molecule has 0 aliphatic carbocycles. The summed E-state index contributed by atoms with van der Waals surface area (Å²) < 4.78 is 5.69. The number of rotatable bonds is 8. The molecule has 0 atom stereocenters. The van der Waals surface area contributed by atoms with Crippen molar-refractivity contribution in [2.45, 2.75) is 0 Å². The second-order valence-electron chi connectivity index (χ2n) is 7.15. The Kier molecular flexibility index (Phi) is 7.24. The number of carbonyl (C=O) groups excluding carboxylic acids is 1. The number of benzene rings is 3. The molecular formula is C25H26N2O3. The van der Waals surface area contributed by atoms with E-state index in [-0.39, 0.29) is 11.7 Å². The molecule has 5 heteroatoms. The summed E-state index contributed by atoms with van der Waals surface area (Å²) in [6.07, 6.45) is 1.83. The summed E-state index contributed by atoms with van der Waals surface area (Å²) in [4.78, 5) is 15.1. The van der Waals surface area contributed by atoms with Crippen LogP contribution in [0.4, 0.5) is 5.69 Å². The van der Waals surface area contributed by atoms with Gasteiger partial charge in [-0.25, -0.2) is 0 Å². The van der Waals surface area contributed by atoms with E-state index in [1.807, 2.05) is 74.8 Å². The molecule has 3 aromatic carbocycles. The molecular weight excluding hydrogens is 376 g/mol. The minimum atomic E-state index is -0.231. The first-order chi connectivity index (χ1) is 14.5. The molecule has 0 saturated carbocycles. The van der Waals surface area contributed by atoms with Gasteiger partial charge in [0.15, 0.2) is 0 Å². The maximum Gasteiger partial charge on any atom is 0.256 e. The molecule has 0 aliphatic heterocycles. The summed E-state index contributed by atoms with van der Waals surface area (Å²) >= 11 is 0. The van der Waals surface area contributed by atoms with Gasteiger partial charge < -0.3 is 20.1 Å². The minimum Gasteiger partial charge on any atom is -0.508 e. The van der Waals surface area contributed by atoms with Crippen LogP contribution in [-0.2, 0) is 4.79 Å². The predicted octanol–water partition coefficient (Wildman–Crippen LogP) is 4.51. The van der Waals surface area contributed by atoms with Crippen molar-refractivity contribution in [3.63, 3.8) is 0 Å². The molecule has 30 heavy (non-hydrogen) atoms. The molecule has 3 rings (SSSR count). The molecule has 154 valence electrons. The van der Waals surface area contributed by atoms with E-state index in [1.165, 1.54) is 0 Å². The highest BCUT2D eigenvalue weighted by molar-refractivity contribution is 6.29. The van der Waals surface area contributed by atoms with E-state index in [0.29, 0.717) is 17.9 Å². The maximum absolute atomic E-state index is 13.1. The second kappa shape index (κ2) is 10.3. The summed E-state index contributed by atoms with van der Waals surface area (Å²) in [5.74, 6) is 0.683. The Bertz CT molecular complexity index is 979. The number of hydrogen-bond acceptors (Lipinski definition) is 4. The van der Waals surface area contributed by atoms with E-state index in [1.54, 1.807) is 24.3 Å². The van der Waals surface area contributed by atoms with Gasteiger partial charge in [-0.15, -0.1) is 0 Å². The average Bonchev–Trinajstić information content (AvgIpc) is 2.74.